The number of hydrogen-bond donors (Lipinski definition) is 2. The lowest BCUT2D eigenvalue weighted by molar-refractivity contribution is 0.399. The van der Waals surface area contributed by atoms with Crippen LogP contribution in [-0.4, -0.2) is 42.0 Å². The van der Waals surface area contributed by atoms with Gasteiger partial charge in [0.25, 0.3) is 0 Å². The minimum absolute atomic E-state index is 0.118. The number of rotatable bonds is 9. The number of hydrogen-bond acceptors (Lipinski definition) is 7. The van der Waals surface area contributed by atoms with E-state index in [4.69, 9.17) is 43.2 Å². The van der Waals surface area contributed by atoms with Crippen LogP contribution in [0.15, 0.2) is 54.0 Å². The predicted molar refractivity (Wildman–Crippen MR) is 170 cm³/mol. The molecule has 1 aromatic carbocycles. The summed E-state index contributed by atoms with van der Waals surface area (Å²) in [6.07, 6.45) is 7.51. The molecule has 0 radical (unpaired) electrons. The highest BCUT2D eigenvalue weighted by molar-refractivity contribution is 7.95. The number of pyridine rings is 1. The van der Waals surface area contributed by atoms with Gasteiger partial charge in [-0.1, -0.05) is 37.6 Å². The molecule has 0 bridgehead atoms. The molecule has 38 heavy (non-hydrogen) atoms. The van der Waals surface area contributed by atoms with Crippen LogP contribution in [0.2, 0.25) is 0 Å². The summed E-state index contributed by atoms with van der Waals surface area (Å²) in [5, 5.41) is 10.0. The molecule has 1 unspecified atom stereocenters. The molecule has 1 saturated heterocycles. The van der Waals surface area contributed by atoms with Crippen LogP contribution in [0, 0.1) is 6.92 Å². The summed E-state index contributed by atoms with van der Waals surface area (Å²) in [4.78, 5) is 7.05. The van der Waals surface area contributed by atoms with Gasteiger partial charge in [0.1, 0.15) is 11.6 Å². The number of halogens is 2. The van der Waals surface area contributed by atoms with E-state index in [1.165, 1.54) is 36.0 Å². The number of nitrogen functional groups attached to an aromatic ring is 1. The molecule has 1 aliphatic rings. The first-order valence-electron chi connectivity index (χ1n) is 13.0. The lowest BCUT2D eigenvalue weighted by atomic mass is 10.1. The normalized spacial score (nSPS) is 12.8. The van der Waals surface area contributed by atoms with E-state index >= 15 is 0 Å². The van der Waals surface area contributed by atoms with Crippen LogP contribution >= 0.6 is 46.6 Å². The maximum Gasteiger partial charge on any atom is 0.137 e. The molecule has 0 saturated carbocycles. The van der Waals surface area contributed by atoms with Crippen molar-refractivity contribution in [2.24, 2.45) is 0 Å². The van der Waals surface area contributed by atoms with Crippen LogP contribution in [0.3, 0.4) is 0 Å². The van der Waals surface area contributed by atoms with Crippen molar-refractivity contribution in [3.05, 3.63) is 70.7 Å². The number of aryl methyl sites for hydroxylation is 1. The van der Waals surface area contributed by atoms with Gasteiger partial charge in [-0.2, -0.15) is 0 Å². The molecule has 212 valence electrons. The summed E-state index contributed by atoms with van der Waals surface area (Å²) in [5.41, 5.74) is 9.76. The highest BCUT2D eigenvalue weighted by Gasteiger charge is 2.20. The van der Waals surface area contributed by atoms with Gasteiger partial charge < -0.3 is 19.9 Å². The zero-order chi connectivity index (χ0) is 28.2. The van der Waals surface area contributed by atoms with Crippen molar-refractivity contribution in [1.29, 1.82) is 0 Å². The van der Waals surface area contributed by atoms with Crippen LogP contribution in [0.5, 0.6) is 5.75 Å². The number of alkyl halides is 2. The number of nitrogens with zero attached hydrogens (tertiary/aromatic N) is 2. The van der Waals surface area contributed by atoms with Crippen LogP contribution in [-0.2, 0) is 6.42 Å². The lowest BCUT2D eigenvalue weighted by Gasteiger charge is -2.18. The van der Waals surface area contributed by atoms with Gasteiger partial charge in [-0.25, -0.2) is 4.98 Å². The van der Waals surface area contributed by atoms with E-state index in [2.05, 4.69) is 42.2 Å². The Morgan fingerprint density at radius 1 is 1.03 bits per heavy atom. The predicted octanol–water partition coefficient (Wildman–Crippen LogP) is 8.52. The quantitative estimate of drug-likeness (QED) is 0.190. The Bertz CT molecular complexity index is 959. The molecule has 0 spiro atoms. The maximum atomic E-state index is 7.00. The number of aliphatic hydroxyl groups is 1. The molecule has 9 heteroatoms. The molecule has 1 atom stereocenters. The lowest BCUT2D eigenvalue weighted by Crippen LogP contribution is -2.18. The third-order valence-electron chi connectivity index (χ3n) is 5.39. The Morgan fingerprint density at radius 3 is 2.11 bits per heavy atom. The molecule has 1 aliphatic heterocycles. The topological polar surface area (TPSA) is 71.6 Å². The average Bonchev–Trinajstić information content (AvgIpc) is 3.66. The van der Waals surface area contributed by atoms with Crippen molar-refractivity contribution in [3.8, 4) is 5.75 Å². The maximum absolute atomic E-state index is 7.00. The molecule has 0 aliphatic carbocycles. The van der Waals surface area contributed by atoms with E-state index in [1.54, 1.807) is 11.3 Å². The number of thiophene rings is 1. The highest BCUT2D eigenvalue weighted by Crippen LogP contribution is 2.39. The summed E-state index contributed by atoms with van der Waals surface area (Å²) in [6.45, 7) is 8.39. The van der Waals surface area contributed by atoms with Crippen LogP contribution in [0.1, 0.15) is 61.5 Å². The van der Waals surface area contributed by atoms with E-state index in [1.807, 2.05) is 37.6 Å². The van der Waals surface area contributed by atoms with Crippen molar-refractivity contribution in [2.75, 3.05) is 42.6 Å². The molecule has 0 amide bonds. The molecule has 4 rings (SSSR count). The Hall–Kier alpha value is -1.64. The highest BCUT2D eigenvalue weighted by atomic mass is 35.5. The number of nitrogens with two attached hydrogens (primary N) is 1. The van der Waals surface area contributed by atoms with E-state index in [0.29, 0.717) is 0 Å². The van der Waals surface area contributed by atoms with Gasteiger partial charge in [0.2, 0.25) is 0 Å². The van der Waals surface area contributed by atoms with Gasteiger partial charge in [-0.15, -0.1) is 34.5 Å². The Morgan fingerprint density at radius 2 is 1.63 bits per heavy atom. The van der Waals surface area contributed by atoms with E-state index in [9.17, 15) is 0 Å². The van der Waals surface area contributed by atoms with Crippen LogP contribution in [0.25, 0.3) is 0 Å². The number of anilines is 2. The first kappa shape index (κ1) is 34.4. The van der Waals surface area contributed by atoms with Crippen molar-refractivity contribution in [1.82, 2.24) is 4.98 Å². The molecule has 3 heterocycles. The van der Waals surface area contributed by atoms with Crippen LogP contribution in [0.4, 0.5) is 10.8 Å². The van der Waals surface area contributed by atoms with Gasteiger partial charge in [0.05, 0.1) is 22.3 Å². The smallest absolute Gasteiger partial charge is 0.137 e. The van der Waals surface area contributed by atoms with Gasteiger partial charge in [-0.3, -0.25) is 0 Å². The van der Waals surface area contributed by atoms with E-state index < -0.39 is 0 Å². The molecule has 3 aromatic rings. The summed E-state index contributed by atoms with van der Waals surface area (Å²) in [7, 11) is 1.00. The summed E-state index contributed by atoms with van der Waals surface area (Å²) in [5.74, 6) is 3.52. The van der Waals surface area contributed by atoms with Gasteiger partial charge >= 0.3 is 0 Å². The van der Waals surface area contributed by atoms with Crippen molar-refractivity contribution < 1.29 is 9.29 Å². The second-order valence-electron chi connectivity index (χ2n) is 8.52. The van der Waals surface area contributed by atoms with Gasteiger partial charge in [-0.05, 0) is 74.2 Å². The fourth-order valence-corrected chi connectivity index (χ4v) is 5.08. The third kappa shape index (κ3) is 12.9. The third-order valence-corrected chi connectivity index (χ3v) is 7.85. The summed E-state index contributed by atoms with van der Waals surface area (Å²) < 4.78 is 6.02. The fourth-order valence-electron chi connectivity index (χ4n) is 3.38. The molecular weight excluding hydrogens is 557 g/mol. The minimum Gasteiger partial charge on any atom is -0.425 e. The number of aromatic nitrogens is 1. The fraction of sp³-hybridized carbons (Fsp3) is 0.483. The van der Waals surface area contributed by atoms with Gasteiger partial charge in [0, 0.05) is 43.7 Å². The molecule has 2 aromatic heterocycles. The Balaban J connectivity index is 0.000000628. The molecule has 1 fully saturated rings. The molecule has 5 nitrogen and oxygen atoms in total. The van der Waals surface area contributed by atoms with E-state index in [-0.39, 0.29) is 5.25 Å². The largest absolute Gasteiger partial charge is 0.425 e. The SMILES string of the molecule is CCCCl.CCCCl.CO.Cc1ccc(OSC(Cc2ccc(N3CCCC3)nc2)c2ccsc2N)cc1. The minimum atomic E-state index is 0.118. The second-order valence-corrected chi connectivity index (χ2v) is 11.2. The second kappa shape index (κ2) is 21.2. The Kier molecular flexibility index (Phi) is 19.2. The zero-order valence-electron chi connectivity index (χ0n) is 23.0. The van der Waals surface area contributed by atoms with Crippen molar-refractivity contribution >= 4 is 57.4 Å². The average molecular weight is 601 g/mol. The van der Waals surface area contributed by atoms with Crippen molar-refractivity contribution in [3.63, 3.8) is 0 Å². The number of benzene rings is 1. The molecule has 3 N–H and O–H groups in total. The summed E-state index contributed by atoms with van der Waals surface area (Å²) >= 11 is 13.4. The van der Waals surface area contributed by atoms with E-state index in [0.717, 1.165) is 73.4 Å². The van der Waals surface area contributed by atoms with Crippen molar-refractivity contribution in [2.45, 2.75) is 58.1 Å². The van der Waals surface area contributed by atoms with Gasteiger partial charge in [0.15, 0.2) is 0 Å². The molecular formula is C29H43Cl2N3O2S2. The summed E-state index contributed by atoms with van der Waals surface area (Å²) in [6, 6.07) is 14.5. The number of aliphatic hydroxyl groups excluding tert-OH is 1. The first-order valence-corrected chi connectivity index (χ1v) is 15.8. The van der Waals surface area contributed by atoms with Crippen LogP contribution < -0.4 is 14.8 Å². The zero-order valence-corrected chi connectivity index (χ0v) is 26.2. The monoisotopic (exact) mass is 599 g/mol. The first-order chi connectivity index (χ1) is 18.5. The Labute approximate surface area is 247 Å². The standard InChI is InChI=1S/C22H25N3OS2.2C3H7Cl.CH4O/c1-16-4-7-18(8-5-16)26-28-20(19-10-13-27-22(19)23)14-17-6-9-21(24-15-17)25-11-2-3-12-25;2*1-2-3-4;1-2/h4-10,13,15,20H,2-3,11-12,14,23H2,1H3;2*2-3H2,1H3;2H,1H3.